The zero-order chi connectivity index (χ0) is 16.1. The summed E-state index contributed by atoms with van der Waals surface area (Å²) in [7, 11) is 0. The van der Waals surface area contributed by atoms with Crippen molar-refractivity contribution < 1.29 is 14.3 Å². The van der Waals surface area contributed by atoms with E-state index >= 15 is 0 Å². The fourth-order valence-corrected chi connectivity index (χ4v) is 2.34. The molecule has 0 spiro atoms. The monoisotopic (exact) mass is 338 g/mol. The Bertz CT molecular complexity index is 759. The van der Waals surface area contributed by atoms with Gasteiger partial charge in [-0.3, -0.25) is 9.52 Å². The van der Waals surface area contributed by atoms with Gasteiger partial charge in [-0.25, -0.2) is 4.99 Å². The van der Waals surface area contributed by atoms with E-state index in [1.807, 2.05) is 32.0 Å². The summed E-state index contributed by atoms with van der Waals surface area (Å²) >= 11 is 7.04. The first-order valence-corrected chi connectivity index (χ1v) is 7.83. The summed E-state index contributed by atoms with van der Waals surface area (Å²) in [6, 6.07) is 9.01. The Morgan fingerprint density at radius 2 is 2.18 bits per heavy atom. The maximum absolute atomic E-state index is 10.5. The van der Waals surface area contributed by atoms with Crippen LogP contribution in [-0.2, 0) is 4.79 Å². The standard InChI is InChI=1S/C15H15ClN2O3S/c1-9-4-3-5-12(10(9)2)17-13-6-11(16)7-14(21-13)18-22-8-15(19)20/h3-7,18H,8H2,1-2H3,(H,19,20). The number of anilines is 1. The predicted octanol–water partition coefficient (Wildman–Crippen LogP) is 3.93. The second-order valence-corrected chi connectivity index (χ2v) is 5.81. The summed E-state index contributed by atoms with van der Waals surface area (Å²) in [6.07, 6.45) is 0. The normalized spacial score (nSPS) is 11.5. The molecule has 1 aromatic heterocycles. The van der Waals surface area contributed by atoms with Gasteiger partial charge in [-0.1, -0.05) is 23.7 Å². The molecule has 1 aromatic carbocycles. The average Bonchev–Trinajstić information content (AvgIpc) is 2.43. The highest BCUT2D eigenvalue weighted by Crippen LogP contribution is 2.21. The molecule has 0 atom stereocenters. The van der Waals surface area contributed by atoms with Crippen molar-refractivity contribution in [3.8, 4) is 0 Å². The first-order valence-electron chi connectivity index (χ1n) is 6.47. The Labute approximate surface area is 137 Å². The fraction of sp³-hybridized carbons (Fsp3) is 0.200. The van der Waals surface area contributed by atoms with Crippen molar-refractivity contribution >= 4 is 41.1 Å². The van der Waals surface area contributed by atoms with Crippen molar-refractivity contribution in [1.29, 1.82) is 0 Å². The Morgan fingerprint density at radius 1 is 1.41 bits per heavy atom. The number of rotatable bonds is 5. The summed E-state index contributed by atoms with van der Waals surface area (Å²) in [4.78, 5) is 14.9. The minimum absolute atomic E-state index is 0.0918. The van der Waals surface area contributed by atoms with Gasteiger partial charge >= 0.3 is 5.97 Å². The van der Waals surface area contributed by atoms with Gasteiger partial charge in [0.2, 0.25) is 11.4 Å². The van der Waals surface area contributed by atoms with E-state index in [0.29, 0.717) is 16.5 Å². The van der Waals surface area contributed by atoms with Crippen LogP contribution in [0.2, 0.25) is 5.02 Å². The molecule has 0 amide bonds. The van der Waals surface area contributed by atoms with Gasteiger partial charge in [0.1, 0.15) is 5.75 Å². The number of carbonyl (C=O) groups is 1. The molecule has 2 aromatic rings. The van der Waals surface area contributed by atoms with Crippen LogP contribution in [0.25, 0.3) is 0 Å². The second-order valence-electron chi connectivity index (χ2n) is 4.59. The largest absolute Gasteiger partial charge is 0.481 e. The highest BCUT2D eigenvalue weighted by molar-refractivity contribution is 8.01. The molecule has 2 N–H and O–H groups in total. The molecule has 2 rings (SSSR count). The molecule has 0 aliphatic carbocycles. The Hall–Kier alpha value is -1.92. The summed E-state index contributed by atoms with van der Waals surface area (Å²) < 4.78 is 8.36. The zero-order valence-corrected chi connectivity index (χ0v) is 13.7. The third-order valence-corrected chi connectivity index (χ3v) is 3.87. The molecule has 0 fully saturated rings. The van der Waals surface area contributed by atoms with Crippen LogP contribution in [0.15, 0.2) is 39.7 Å². The van der Waals surface area contributed by atoms with E-state index in [-0.39, 0.29) is 5.75 Å². The van der Waals surface area contributed by atoms with Crippen LogP contribution in [0.4, 0.5) is 11.6 Å². The van der Waals surface area contributed by atoms with E-state index in [1.165, 1.54) is 0 Å². The summed E-state index contributed by atoms with van der Waals surface area (Å²) in [5, 5.41) is 9.07. The molecule has 5 nitrogen and oxygen atoms in total. The first kappa shape index (κ1) is 16.5. The number of aryl methyl sites for hydroxylation is 1. The molecule has 0 radical (unpaired) electrons. The SMILES string of the molecule is Cc1cccc(N=c2cc(Cl)cc(NSCC(=O)O)o2)c1C. The van der Waals surface area contributed by atoms with Crippen molar-refractivity contribution in [3.63, 3.8) is 0 Å². The molecule has 22 heavy (non-hydrogen) atoms. The summed E-state index contributed by atoms with van der Waals surface area (Å²) in [5.41, 5.74) is 3.35. The number of benzene rings is 1. The first-order chi connectivity index (χ1) is 10.5. The smallest absolute Gasteiger partial charge is 0.315 e. The maximum atomic E-state index is 10.5. The highest BCUT2D eigenvalue weighted by atomic mass is 35.5. The molecular weight excluding hydrogens is 324 g/mol. The predicted molar refractivity (Wildman–Crippen MR) is 88.6 cm³/mol. The fourth-order valence-electron chi connectivity index (χ4n) is 1.71. The summed E-state index contributed by atoms with van der Waals surface area (Å²) in [5.74, 6) is -0.659. The Morgan fingerprint density at radius 3 is 2.91 bits per heavy atom. The van der Waals surface area contributed by atoms with Gasteiger partial charge in [-0.15, -0.1) is 0 Å². The van der Waals surface area contributed by atoms with Crippen molar-refractivity contribution in [2.24, 2.45) is 4.99 Å². The second kappa shape index (κ2) is 7.38. The minimum Gasteiger partial charge on any atom is -0.481 e. The molecule has 1 heterocycles. The summed E-state index contributed by atoms with van der Waals surface area (Å²) in [6.45, 7) is 4.00. The van der Waals surface area contributed by atoms with Gasteiger partial charge < -0.3 is 9.52 Å². The number of carboxylic acids is 1. The number of carboxylic acid groups (broad SMARTS) is 1. The van der Waals surface area contributed by atoms with Crippen LogP contribution in [0.1, 0.15) is 11.1 Å². The van der Waals surface area contributed by atoms with Crippen molar-refractivity contribution in [1.82, 2.24) is 0 Å². The topological polar surface area (TPSA) is 74.8 Å². The van der Waals surface area contributed by atoms with Crippen LogP contribution >= 0.6 is 23.5 Å². The van der Waals surface area contributed by atoms with E-state index in [0.717, 1.165) is 28.8 Å². The number of hydrogen-bond acceptors (Lipinski definition) is 5. The quantitative estimate of drug-likeness (QED) is 0.808. The van der Waals surface area contributed by atoms with Crippen LogP contribution in [0.3, 0.4) is 0 Å². The Kier molecular flexibility index (Phi) is 5.51. The van der Waals surface area contributed by atoms with Crippen LogP contribution in [-0.4, -0.2) is 16.8 Å². The lowest BCUT2D eigenvalue weighted by Gasteiger charge is -2.05. The molecular formula is C15H15ClN2O3S. The van der Waals surface area contributed by atoms with Gasteiger partial charge in [0.05, 0.1) is 10.7 Å². The highest BCUT2D eigenvalue weighted by Gasteiger charge is 2.03. The molecule has 0 unspecified atom stereocenters. The lowest BCUT2D eigenvalue weighted by Crippen LogP contribution is -2.04. The third kappa shape index (κ3) is 4.54. The lowest BCUT2D eigenvalue weighted by molar-refractivity contribution is -0.133. The third-order valence-electron chi connectivity index (χ3n) is 2.92. The van der Waals surface area contributed by atoms with Gasteiger partial charge in [-0.2, -0.15) is 0 Å². The number of nitrogens with one attached hydrogen (secondary N) is 1. The van der Waals surface area contributed by atoms with Gasteiger partial charge in [-0.05, 0) is 43.0 Å². The van der Waals surface area contributed by atoms with Gasteiger partial charge in [0.25, 0.3) is 0 Å². The molecule has 0 bridgehead atoms. The van der Waals surface area contributed by atoms with Crippen molar-refractivity contribution in [3.05, 3.63) is 52.0 Å². The molecule has 7 heteroatoms. The van der Waals surface area contributed by atoms with E-state index < -0.39 is 5.97 Å². The number of nitrogens with zero attached hydrogens (tertiary/aromatic N) is 1. The van der Waals surface area contributed by atoms with Crippen LogP contribution in [0.5, 0.6) is 0 Å². The molecule has 0 aliphatic rings. The van der Waals surface area contributed by atoms with Crippen molar-refractivity contribution in [2.45, 2.75) is 13.8 Å². The van der Waals surface area contributed by atoms with E-state index in [1.54, 1.807) is 12.1 Å². The molecule has 116 valence electrons. The van der Waals surface area contributed by atoms with Gasteiger partial charge in [0.15, 0.2) is 0 Å². The van der Waals surface area contributed by atoms with E-state index in [4.69, 9.17) is 21.1 Å². The minimum atomic E-state index is -0.917. The van der Waals surface area contributed by atoms with E-state index in [9.17, 15) is 4.79 Å². The molecule has 0 aliphatic heterocycles. The number of hydrogen-bond donors (Lipinski definition) is 2. The average molecular weight is 339 g/mol. The maximum Gasteiger partial charge on any atom is 0.315 e. The molecule has 0 saturated carbocycles. The van der Waals surface area contributed by atoms with Crippen molar-refractivity contribution in [2.75, 3.05) is 10.5 Å². The Balaban J connectivity index is 2.31. The van der Waals surface area contributed by atoms with Gasteiger partial charge in [0, 0.05) is 12.1 Å². The lowest BCUT2D eigenvalue weighted by atomic mass is 10.1. The zero-order valence-electron chi connectivity index (χ0n) is 12.1. The number of aliphatic carboxylic acids is 1. The van der Waals surface area contributed by atoms with Crippen LogP contribution < -0.4 is 10.3 Å². The number of halogens is 1. The van der Waals surface area contributed by atoms with Crippen LogP contribution in [0, 0.1) is 13.8 Å². The van der Waals surface area contributed by atoms with E-state index in [2.05, 4.69) is 9.71 Å². The molecule has 0 saturated heterocycles.